The lowest BCUT2D eigenvalue weighted by Gasteiger charge is -2.14. The Kier molecular flexibility index (Phi) is 5.79. The van der Waals surface area contributed by atoms with Gasteiger partial charge >= 0.3 is 0 Å². The molecule has 0 fully saturated rings. The van der Waals surface area contributed by atoms with E-state index in [-0.39, 0.29) is 11.9 Å². The number of carbonyl (C=O) groups excluding carboxylic acids is 1. The summed E-state index contributed by atoms with van der Waals surface area (Å²) in [5.74, 6) is 0.741. The highest BCUT2D eigenvalue weighted by atomic mass is 127. The van der Waals surface area contributed by atoms with E-state index >= 15 is 0 Å². The molecular weight excluding hydrogens is 567 g/mol. The van der Waals surface area contributed by atoms with Gasteiger partial charge in [0.15, 0.2) is 5.82 Å². The number of nitrogens with one attached hydrogen (secondary N) is 1. The van der Waals surface area contributed by atoms with E-state index in [1.807, 2.05) is 35.6 Å². The van der Waals surface area contributed by atoms with Crippen molar-refractivity contribution in [1.29, 1.82) is 0 Å². The molecule has 3 rings (SSSR count). The monoisotopic (exact) mass is 576 g/mol. The number of rotatable bonds is 4. The number of nitrogens with zero attached hydrogens (tertiary/aromatic N) is 5. The van der Waals surface area contributed by atoms with Crippen LogP contribution in [-0.2, 0) is 0 Å². The summed E-state index contributed by atoms with van der Waals surface area (Å²) in [6.07, 6.45) is 3.26. The van der Waals surface area contributed by atoms with E-state index in [4.69, 9.17) is 0 Å². The molecule has 0 aliphatic carbocycles. The van der Waals surface area contributed by atoms with Crippen molar-refractivity contribution >= 4 is 60.4 Å². The first-order chi connectivity index (χ1) is 11.9. The number of hydrogen-bond acceptors (Lipinski definition) is 5. The fourth-order valence-electron chi connectivity index (χ4n) is 2.16. The Labute approximate surface area is 174 Å². The van der Waals surface area contributed by atoms with Crippen LogP contribution in [0.5, 0.6) is 0 Å². The highest BCUT2D eigenvalue weighted by Gasteiger charge is 2.20. The molecule has 7 nitrogen and oxygen atoms in total. The third kappa shape index (κ3) is 4.42. The summed E-state index contributed by atoms with van der Waals surface area (Å²) >= 11 is 8.78. The first kappa shape index (κ1) is 18.4. The number of benzene rings is 1. The van der Waals surface area contributed by atoms with E-state index in [9.17, 15) is 4.79 Å². The van der Waals surface area contributed by atoms with Crippen LogP contribution in [-0.4, -0.2) is 30.6 Å². The zero-order valence-electron chi connectivity index (χ0n) is 12.8. The Hall–Kier alpha value is -1.40. The van der Waals surface area contributed by atoms with Crippen molar-refractivity contribution in [3.8, 4) is 5.95 Å². The van der Waals surface area contributed by atoms with E-state index in [1.165, 1.54) is 4.68 Å². The van der Waals surface area contributed by atoms with Gasteiger partial charge in [0.05, 0.1) is 6.04 Å². The SMILES string of the molecule is CC(NC(=O)c1cc(Br)cc(Br)c1)c1nc(I)nn1-c1ncccn1. The predicted molar refractivity (Wildman–Crippen MR) is 107 cm³/mol. The Bertz CT molecular complexity index is 897. The summed E-state index contributed by atoms with van der Waals surface area (Å²) in [7, 11) is 0. The Morgan fingerprint density at radius 3 is 2.48 bits per heavy atom. The van der Waals surface area contributed by atoms with Gasteiger partial charge in [-0.05, 0) is 31.2 Å². The molecule has 3 aromatic rings. The maximum absolute atomic E-state index is 12.5. The van der Waals surface area contributed by atoms with E-state index in [0.29, 0.717) is 21.2 Å². The molecule has 25 heavy (non-hydrogen) atoms. The van der Waals surface area contributed by atoms with Crippen LogP contribution < -0.4 is 5.32 Å². The first-order valence-corrected chi connectivity index (χ1v) is 9.77. The molecule has 0 bridgehead atoms. The molecule has 10 heteroatoms. The minimum Gasteiger partial charge on any atom is -0.342 e. The summed E-state index contributed by atoms with van der Waals surface area (Å²) in [5, 5.41) is 7.24. The smallest absolute Gasteiger partial charge is 0.252 e. The predicted octanol–water partition coefficient (Wildman–Crippen LogP) is 3.68. The van der Waals surface area contributed by atoms with Crippen molar-refractivity contribution in [3.63, 3.8) is 0 Å². The standard InChI is InChI=1S/C15H11Br2IN6O/c1-8(21-13(25)9-5-10(16)7-11(17)6-9)12-22-14(18)23-24(12)15-19-3-2-4-20-15/h2-8H,1H3,(H,21,25). The van der Waals surface area contributed by atoms with Crippen molar-refractivity contribution in [1.82, 2.24) is 30.0 Å². The number of halogens is 3. The highest BCUT2D eigenvalue weighted by molar-refractivity contribution is 14.1. The van der Waals surface area contributed by atoms with E-state index in [0.717, 1.165) is 8.95 Å². The second-order valence-electron chi connectivity index (χ2n) is 5.05. The molecule has 1 aromatic carbocycles. The van der Waals surface area contributed by atoms with Crippen LogP contribution in [0.1, 0.15) is 29.1 Å². The zero-order chi connectivity index (χ0) is 18.0. The molecule has 1 N–H and O–H groups in total. The lowest BCUT2D eigenvalue weighted by molar-refractivity contribution is 0.0937. The number of amides is 1. The summed E-state index contributed by atoms with van der Waals surface area (Å²) in [6, 6.07) is 6.71. The van der Waals surface area contributed by atoms with Crippen LogP contribution >= 0.6 is 54.5 Å². The van der Waals surface area contributed by atoms with Crippen LogP contribution in [0, 0.1) is 3.83 Å². The maximum atomic E-state index is 12.5. The van der Waals surface area contributed by atoms with Gasteiger partial charge in [0.25, 0.3) is 11.9 Å². The molecule has 0 aliphatic heterocycles. The summed E-state index contributed by atoms with van der Waals surface area (Å²) in [6.45, 7) is 1.84. The van der Waals surface area contributed by atoms with Crippen LogP contribution in [0.15, 0.2) is 45.6 Å². The fraction of sp³-hybridized carbons (Fsp3) is 0.133. The lowest BCUT2D eigenvalue weighted by Crippen LogP contribution is -2.29. The van der Waals surface area contributed by atoms with Crippen LogP contribution in [0.2, 0.25) is 0 Å². The molecule has 128 valence electrons. The first-order valence-electron chi connectivity index (χ1n) is 7.11. The van der Waals surface area contributed by atoms with E-state index in [1.54, 1.807) is 30.6 Å². The Morgan fingerprint density at radius 2 is 1.84 bits per heavy atom. The van der Waals surface area contributed by atoms with Crippen molar-refractivity contribution in [2.24, 2.45) is 0 Å². The molecule has 1 atom stereocenters. The largest absolute Gasteiger partial charge is 0.342 e. The van der Waals surface area contributed by atoms with Gasteiger partial charge in [-0.2, -0.15) is 4.68 Å². The average molecular weight is 578 g/mol. The van der Waals surface area contributed by atoms with Crippen molar-refractivity contribution in [3.05, 3.63) is 60.8 Å². The van der Waals surface area contributed by atoms with Gasteiger partial charge < -0.3 is 5.32 Å². The molecule has 0 saturated carbocycles. The molecule has 0 spiro atoms. The Balaban J connectivity index is 1.87. The molecule has 0 saturated heterocycles. The minimum absolute atomic E-state index is 0.215. The topological polar surface area (TPSA) is 85.6 Å². The Morgan fingerprint density at radius 1 is 1.20 bits per heavy atom. The quantitative estimate of drug-likeness (QED) is 0.478. The molecule has 1 unspecified atom stereocenters. The highest BCUT2D eigenvalue weighted by Crippen LogP contribution is 2.21. The van der Waals surface area contributed by atoms with Crippen molar-refractivity contribution in [2.45, 2.75) is 13.0 Å². The minimum atomic E-state index is -0.384. The van der Waals surface area contributed by atoms with Gasteiger partial charge in [-0.3, -0.25) is 4.79 Å². The maximum Gasteiger partial charge on any atom is 0.252 e. The van der Waals surface area contributed by atoms with Crippen molar-refractivity contribution < 1.29 is 4.79 Å². The number of aromatic nitrogens is 5. The number of carbonyl (C=O) groups is 1. The summed E-state index contributed by atoms with van der Waals surface area (Å²) < 4.78 is 3.71. The molecule has 0 aliphatic rings. The molecular formula is C15H11Br2IN6O. The van der Waals surface area contributed by atoms with Gasteiger partial charge in [0, 0.05) is 49.5 Å². The van der Waals surface area contributed by atoms with Gasteiger partial charge in [-0.25, -0.2) is 15.0 Å². The van der Waals surface area contributed by atoms with Crippen molar-refractivity contribution in [2.75, 3.05) is 0 Å². The van der Waals surface area contributed by atoms with E-state index < -0.39 is 0 Å². The third-order valence-electron chi connectivity index (χ3n) is 3.21. The van der Waals surface area contributed by atoms with Gasteiger partial charge in [-0.15, -0.1) is 5.10 Å². The van der Waals surface area contributed by atoms with E-state index in [2.05, 4.69) is 57.2 Å². The lowest BCUT2D eigenvalue weighted by atomic mass is 10.2. The zero-order valence-corrected chi connectivity index (χ0v) is 18.1. The van der Waals surface area contributed by atoms with Gasteiger partial charge in [-0.1, -0.05) is 31.9 Å². The second-order valence-corrected chi connectivity index (χ2v) is 7.85. The third-order valence-corrected chi connectivity index (χ3v) is 4.58. The fourth-order valence-corrected chi connectivity index (χ4v) is 3.91. The molecule has 2 heterocycles. The second kappa shape index (κ2) is 7.87. The van der Waals surface area contributed by atoms with Crippen LogP contribution in [0.25, 0.3) is 5.95 Å². The average Bonchev–Trinajstić information content (AvgIpc) is 2.97. The van der Waals surface area contributed by atoms with Crippen LogP contribution in [0.3, 0.4) is 0 Å². The molecule has 0 radical (unpaired) electrons. The van der Waals surface area contributed by atoms with Gasteiger partial charge in [0.2, 0.25) is 3.83 Å². The molecule has 1 amide bonds. The normalized spacial score (nSPS) is 12.0. The summed E-state index contributed by atoms with van der Waals surface area (Å²) in [5.41, 5.74) is 0.532. The molecule has 2 aromatic heterocycles. The summed E-state index contributed by atoms with van der Waals surface area (Å²) in [4.78, 5) is 25.3. The number of hydrogen-bond donors (Lipinski definition) is 1. The van der Waals surface area contributed by atoms with Crippen LogP contribution in [0.4, 0.5) is 0 Å². The van der Waals surface area contributed by atoms with Gasteiger partial charge in [0.1, 0.15) is 0 Å².